The van der Waals surface area contributed by atoms with E-state index in [1.54, 1.807) is 12.1 Å². The number of morpholine rings is 1. The van der Waals surface area contributed by atoms with Crippen LogP contribution in [0.1, 0.15) is 6.42 Å². The van der Waals surface area contributed by atoms with E-state index in [-0.39, 0.29) is 5.91 Å². The van der Waals surface area contributed by atoms with Crippen LogP contribution in [0.25, 0.3) is 0 Å². The Kier molecular flexibility index (Phi) is 5.35. The summed E-state index contributed by atoms with van der Waals surface area (Å²) in [4.78, 5) is 18.8. The van der Waals surface area contributed by atoms with Crippen LogP contribution in [-0.4, -0.2) is 79.8 Å². The van der Waals surface area contributed by atoms with Crippen LogP contribution in [0, 0.1) is 0 Å². The fourth-order valence-corrected chi connectivity index (χ4v) is 3.12. The normalized spacial score (nSPS) is 19.8. The number of hydrogen-bond donors (Lipinski definition) is 1. The third-order valence-electron chi connectivity index (χ3n) is 4.59. The lowest BCUT2D eigenvalue weighted by Crippen LogP contribution is -2.48. The van der Waals surface area contributed by atoms with Gasteiger partial charge in [0.25, 0.3) is 0 Å². The number of hydrogen-bond acceptors (Lipinski definition) is 5. The minimum atomic E-state index is 0.245. The molecular formula is C17H25N3O3. The fourth-order valence-electron chi connectivity index (χ4n) is 3.12. The summed E-state index contributed by atoms with van der Waals surface area (Å²) < 4.78 is 5.28. The Labute approximate surface area is 137 Å². The monoisotopic (exact) mass is 319 g/mol. The summed E-state index contributed by atoms with van der Waals surface area (Å²) in [5.41, 5.74) is 1.15. The minimum absolute atomic E-state index is 0.245. The van der Waals surface area contributed by atoms with Crippen LogP contribution in [0.5, 0.6) is 5.75 Å². The first-order valence-electron chi connectivity index (χ1n) is 8.34. The fraction of sp³-hybridized carbons (Fsp3) is 0.588. The molecule has 3 rings (SSSR count). The second-order valence-electron chi connectivity index (χ2n) is 6.09. The molecule has 1 N–H and O–H groups in total. The van der Waals surface area contributed by atoms with Gasteiger partial charge >= 0.3 is 0 Å². The Bertz CT molecular complexity index is 506. The number of anilines is 1. The van der Waals surface area contributed by atoms with Crippen LogP contribution in [0.3, 0.4) is 0 Å². The van der Waals surface area contributed by atoms with E-state index in [2.05, 4.69) is 9.80 Å². The highest BCUT2D eigenvalue weighted by atomic mass is 16.5. The zero-order valence-electron chi connectivity index (χ0n) is 13.5. The van der Waals surface area contributed by atoms with Crippen molar-refractivity contribution in [1.82, 2.24) is 9.80 Å². The number of piperazine rings is 1. The molecule has 6 heteroatoms. The number of benzene rings is 1. The quantitative estimate of drug-likeness (QED) is 0.888. The smallest absolute Gasteiger partial charge is 0.224 e. The van der Waals surface area contributed by atoms with Crippen molar-refractivity contribution >= 4 is 11.6 Å². The van der Waals surface area contributed by atoms with Crippen molar-refractivity contribution < 1.29 is 14.6 Å². The average molecular weight is 319 g/mol. The Morgan fingerprint density at radius 2 is 1.65 bits per heavy atom. The van der Waals surface area contributed by atoms with Crippen LogP contribution in [0.2, 0.25) is 0 Å². The molecule has 2 aliphatic heterocycles. The van der Waals surface area contributed by atoms with Crippen molar-refractivity contribution in [2.75, 3.05) is 63.9 Å². The average Bonchev–Trinajstić information content (AvgIpc) is 2.61. The van der Waals surface area contributed by atoms with Gasteiger partial charge in [-0.15, -0.1) is 0 Å². The molecule has 0 spiro atoms. The van der Waals surface area contributed by atoms with Gasteiger partial charge in [0.2, 0.25) is 5.91 Å². The van der Waals surface area contributed by atoms with Crippen molar-refractivity contribution in [1.29, 1.82) is 0 Å². The molecule has 0 saturated carbocycles. The summed E-state index contributed by atoms with van der Waals surface area (Å²) in [6.07, 6.45) is 0.596. The maximum atomic E-state index is 12.2. The molecule has 0 radical (unpaired) electrons. The van der Waals surface area contributed by atoms with Crippen molar-refractivity contribution in [2.24, 2.45) is 0 Å². The van der Waals surface area contributed by atoms with Gasteiger partial charge in [0.15, 0.2) is 0 Å². The van der Waals surface area contributed by atoms with Gasteiger partial charge in [-0.25, -0.2) is 0 Å². The van der Waals surface area contributed by atoms with Crippen molar-refractivity contribution in [3.05, 3.63) is 24.3 Å². The zero-order chi connectivity index (χ0) is 16.1. The number of phenolic OH excluding ortho intramolecular Hbond substituents is 1. The van der Waals surface area contributed by atoms with Gasteiger partial charge in [-0.3, -0.25) is 9.69 Å². The first-order valence-corrected chi connectivity index (χ1v) is 8.34. The van der Waals surface area contributed by atoms with Crippen LogP contribution in [0.4, 0.5) is 5.69 Å². The predicted molar refractivity (Wildman–Crippen MR) is 88.8 cm³/mol. The van der Waals surface area contributed by atoms with E-state index in [0.717, 1.165) is 51.5 Å². The van der Waals surface area contributed by atoms with E-state index >= 15 is 0 Å². The third-order valence-corrected chi connectivity index (χ3v) is 4.59. The Balaban J connectivity index is 1.40. The molecule has 0 bridgehead atoms. The standard InChI is InChI=1S/C17H25N3O3/c21-16-3-1-15(2-4-16)19-9-7-18(8-10-19)6-5-17(22)20-11-13-23-14-12-20/h1-4,21H,5-14H2. The molecule has 2 heterocycles. The summed E-state index contributed by atoms with van der Waals surface area (Å²) in [7, 11) is 0. The van der Waals surface area contributed by atoms with Gasteiger partial charge in [-0.1, -0.05) is 0 Å². The summed E-state index contributed by atoms with van der Waals surface area (Å²) in [6.45, 7) is 7.47. The van der Waals surface area contributed by atoms with Crippen molar-refractivity contribution in [3.8, 4) is 5.75 Å². The summed E-state index contributed by atoms with van der Waals surface area (Å²) in [6, 6.07) is 7.35. The SMILES string of the molecule is O=C(CCN1CCN(c2ccc(O)cc2)CC1)N1CCOCC1. The predicted octanol–water partition coefficient (Wildman–Crippen LogP) is 0.763. The molecule has 0 unspecified atom stereocenters. The molecule has 126 valence electrons. The lowest BCUT2D eigenvalue weighted by molar-refractivity contribution is -0.135. The maximum absolute atomic E-state index is 12.2. The number of phenols is 1. The molecule has 1 aromatic carbocycles. The van der Waals surface area contributed by atoms with Crippen LogP contribution in [-0.2, 0) is 9.53 Å². The number of rotatable bonds is 4. The highest BCUT2D eigenvalue weighted by Gasteiger charge is 2.20. The highest BCUT2D eigenvalue weighted by molar-refractivity contribution is 5.76. The van der Waals surface area contributed by atoms with Gasteiger partial charge in [0, 0.05) is 57.9 Å². The molecule has 0 aromatic heterocycles. The lowest BCUT2D eigenvalue weighted by atomic mass is 10.2. The minimum Gasteiger partial charge on any atom is -0.508 e. The molecule has 0 atom stereocenters. The largest absolute Gasteiger partial charge is 0.508 e. The highest BCUT2D eigenvalue weighted by Crippen LogP contribution is 2.19. The van der Waals surface area contributed by atoms with E-state index in [1.807, 2.05) is 17.0 Å². The summed E-state index contributed by atoms with van der Waals surface area (Å²) >= 11 is 0. The molecule has 1 amide bonds. The van der Waals surface area contributed by atoms with E-state index in [0.29, 0.717) is 25.4 Å². The first-order chi connectivity index (χ1) is 11.2. The van der Waals surface area contributed by atoms with Crippen molar-refractivity contribution in [3.63, 3.8) is 0 Å². The molecule has 1 aromatic rings. The summed E-state index contributed by atoms with van der Waals surface area (Å²) in [5.74, 6) is 0.545. The Hall–Kier alpha value is -1.79. The second-order valence-corrected chi connectivity index (χ2v) is 6.09. The van der Waals surface area contributed by atoms with Gasteiger partial charge in [-0.2, -0.15) is 0 Å². The van der Waals surface area contributed by atoms with E-state index < -0.39 is 0 Å². The van der Waals surface area contributed by atoms with Gasteiger partial charge in [-0.05, 0) is 24.3 Å². The molecule has 6 nitrogen and oxygen atoms in total. The van der Waals surface area contributed by atoms with Crippen molar-refractivity contribution in [2.45, 2.75) is 6.42 Å². The lowest BCUT2D eigenvalue weighted by Gasteiger charge is -2.36. The topological polar surface area (TPSA) is 56.2 Å². The van der Waals surface area contributed by atoms with Gasteiger partial charge in [0.1, 0.15) is 5.75 Å². The molecule has 2 saturated heterocycles. The number of carbonyl (C=O) groups is 1. The number of amides is 1. The number of nitrogens with zero attached hydrogens (tertiary/aromatic N) is 3. The molecule has 2 aliphatic rings. The second kappa shape index (κ2) is 7.66. The molecular weight excluding hydrogens is 294 g/mol. The molecule has 0 aliphatic carbocycles. The third kappa shape index (κ3) is 4.36. The van der Waals surface area contributed by atoms with E-state index in [1.165, 1.54) is 0 Å². The van der Waals surface area contributed by atoms with Crippen LogP contribution < -0.4 is 4.90 Å². The first kappa shape index (κ1) is 16.1. The number of aromatic hydroxyl groups is 1. The summed E-state index contributed by atoms with van der Waals surface area (Å²) in [5, 5.41) is 9.36. The van der Waals surface area contributed by atoms with Gasteiger partial charge < -0.3 is 19.6 Å². The Morgan fingerprint density at radius 1 is 1.00 bits per heavy atom. The molecule has 23 heavy (non-hydrogen) atoms. The van der Waals surface area contributed by atoms with Gasteiger partial charge in [0.05, 0.1) is 13.2 Å². The van der Waals surface area contributed by atoms with E-state index in [9.17, 15) is 9.90 Å². The molecule has 2 fully saturated rings. The Morgan fingerprint density at radius 3 is 2.30 bits per heavy atom. The van der Waals surface area contributed by atoms with Crippen LogP contribution in [0.15, 0.2) is 24.3 Å². The zero-order valence-corrected chi connectivity index (χ0v) is 13.5. The van der Waals surface area contributed by atoms with Crippen LogP contribution >= 0.6 is 0 Å². The number of ether oxygens (including phenoxy) is 1. The number of carbonyl (C=O) groups excluding carboxylic acids is 1. The van der Waals surface area contributed by atoms with E-state index in [4.69, 9.17) is 4.74 Å². The maximum Gasteiger partial charge on any atom is 0.224 e.